The third kappa shape index (κ3) is 5.88. The molecule has 3 nitrogen and oxygen atoms in total. The van der Waals surface area contributed by atoms with Crippen LogP contribution >= 0.6 is 12.4 Å². The summed E-state index contributed by atoms with van der Waals surface area (Å²) in [5.41, 5.74) is 0.681. The minimum atomic E-state index is -0.189. The maximum atomic E-state index is 13.5. The molecule has 1 aromatic carbocycles. The number of hydrogen-bond donors (Lipinski definition) is 1. The lowest BCUT2D eigenvalue weighted by Gasteiger charge is -2.21. The molecule has 0 bridgehead atoms. The second-order valence-corrected chi connectivity index (χ2v) is 4.89. The lowest BCUT2D eigenvalue weighted by Crippen LogP contribution is -2.36. The van der Waals surface area contributed by atoms with Crippen LogP contribution < -0.4 is 5.32 Å². The van der Waals surface area contributed by atoms with Gasteiger partial charge in [-0.25, -0.2) is 4.39 Å². The molecule has 0 aliphatic rings. The molecule has 114 valence electrons. The van der Waals surface area contributed by atoms with E-state index >= 15 is 0 Å². The van der Waals surface area contributed by atoms with Gasteiger partial charge < -0.3 is 10.2 Å². The molecule has 1 amide bonds. The maximum Gasteiger partial charge on any atom is 0.225 e. The Bertz CT molecular complexity index is 415. The van der Waals surface area contributed by atoms with E-state index in [0.717, 1.165) is 6.54 Å². The average Bonchev–Trinajstić information content (AvgIpc) is 2.42. The van der Waals surface area contributed by atoms with Gasteiger partial charge in [-0.1, -0.05) is 25.1 Å². The van der Waals surface area contributed by atoms with Gasteiger partial charge >= 0.3 is 0 Å². The smallest absolute Gasteiger partial charge is 0.225 e. The van der Waals surface area contributed by atoms with Crippen LogP contribution in [-0.4, -0.2) is 38.0 Å². The molecule has 1 unspecified atom stereocenters. The Morgan fingerprint density at radius 3 is 2.65 bits per heavy atom. The molecular formula is C15H24ClFN2O. The fourth-order valence-electron chi connectivity index (χ4n) is 1.96. The third-order valence-electron chi connectivity index (χ3n) is 3.30. The van der Waals surface area contributed by atoms with Gasteiger partial charge in [0.15, 0.2) is 0 Å². The van der Waals surface area contributed by atoms with Gasteiger partial charge in [-0.15, -0.1) is 12.4 Å². The number of benzene rings is 1. The van der Waals surface area contributed by atoms with E-state index in [0.29, 0.717) is 24.9 Å². The average molecular weight is 303 g/mol. The Balaban J connectivity index is 0.00000361. The summed E-state index contributed by atoms with van der Waals surface area (Å²) < 4.78 is 13.5. The van der Waals surface area contributed by atoms with E-state index in [-0.39, 0.29) is 30.0 Å². The molecule has 1 N–H and O–H groups in total. The van der Waals surface area contributed by atoms with Gasteiger partial charge in [0.25, 0.3) is 0 Å². The Kier molecular flexibility index (Phi) is 9.17. The highest BCUT2D eigenvalue weighted by Crippen LogP contribution is 2.14. The summed E-state index contributed by atoms with van der Waals surface area (Å²) in [6.45, 7) is 3.38. The molecule has 0 saturated heterocycles. The van der Waals surface area contributed by atoms with Gasteiger partial charge in [-0.2, -0.15) is 0 Å². The Hall–Kier alpha value is -1.13. The highest BCUT2D eigenvalue weighted by Gasteiger charge is 2.17. The van der Waals surface area contributed by atoms with Crippen molar-refractivity contribution in [3.8, 4) is 0 Å². The Labute approximate surface area is 127 Å². The molecule has 0 heterocycles. The van der Waals surface area contributed by atoms with Gasteiger partial charge in [0.1, 0.15) is 5.82 Å². The molecule has 0 aromatic heterocycles. The van der Waals surface area contributed by atoms with Crippen molar-refractivity contribution >= 4 is 18.3 Å². The molecule has 0 radical (unpaired) electrons. The minimum absolute atomic E-state index is 0. The van der Waals surface area contributed by atoms with Crippen molar-refractivity contribution in [1.82, 2.24) is 10.2 Å². The highest BCUT2D eigenvalue weighted by molar-refractivity contribution is 5.85. The van der Waals surface area contributed by atoms with Crippen LogP contribution in [0.4, 0.5) is 4.39 Å². The summed E-state index contributed by atoms with van der Waals surface area (Å²) in [7, 11) is 3.67. The van der Waals surface area contributed by atoms with Crippen molar-refractivity contribution in [3.05, 3.63) is 35.6 Å². The van der Waals surface area contributed by atoms with E-state index in [4.69, 9.17) is 0 Å². The number of aryl methyl sites for hydroxylation is 1. The van der Waals surface area contributed by atoms with Crippen LogP contribution in [0.3, 0.4) is 0 Å². The first-order valence-electron chi connectivity index (χ1n) is 6.69. The van der Waals surface area contributed by atoms with Crippen LogP contribution in [0.1, 0.15) is 18.9 Å². The van der Waals surface area contributed by atoms with Gasteiger partial charge in [0.05, 0.1) is 0 Å². The fraction of sp³-hybridized carbons (Fsp3) is 0.533. The summed E-state index contributed by atoms with van der Waals surface area (Å²) in [5.74, 6) is -0.154. The number of carbonyl (C=O) groups excluding carboxylic acids is 1. The molecule has 1 rings (SSSR count). The molecule has 5 heteroatoms. The second-order valence-electron chi connectivity index (χ2n) is 4.89. The topological polar surface area (TPSA) is 32.3 Å². The van der Waals surface area contributed by atoms with Gasteiger partial charge in [0.2, 0.25) is 5.91 Å². The molecule has 0 aliphatic carbocycles. The lowest BCUT2D eigenvalue weighted by atomic mass is 9.99. The number of nitrogens with zero attached hydrogens (tertiary/aromatic N) is 1. The summed E-state index contributed by atoms with van der Waals surface area (Å²) in [4.78, 5) is 13.8. The summed E-state index contributed by atoms with van der Waals surface area (Å²) >= 11 is 0. The van der Waals surface area contributed by atoms with Crippen molar-refractivity contribution < 1.29 is 9.18 Å². The molecule has 1 atom stereocenters. The standard InChI is InChI=1S/C15H23FN2O.ClH/c1-12(15(19)18(3)11-10-17-2)8-9-13-6-4-5-7-14(13)16;/h4-7,12,17H,8-11H2,1-3H3;1H. The molecule has 0 aliphatic heterocycles. The predicted molar refractivity (Wildman–Crippen MR) is 82.7 cm³/mol. The zero-order chi connectivity index (χ0) is 14.3. The van der Waals surface area contributed by atoms with E-state index in [9.17, 15) is 9.18 Å². The van der Waals surface area contributed by atoms with E-state index in [1.165, 1.54) is 6.07 Å². The molecule has 20 heavy (non-hydrogen) atoms. The monoisotopic (exact) mass is 302 g/mol. The van der Waals surface area contributed by atoms with Crippen LogP contribution in [0.5, 0.6) is 0 Å². The first-order chi connectivity index (χ1) is 9.06. The molecular weight excluding hydrogens is 279 g/mol. The largest absolute Gasteiger partial charge is 0.344 e. The number of hydrogen-bond acceptors (Lipinski definition) is 2. The normalized spacial score (nSPS) is 11.6. The molecule has 0 spiro atoms. The van der Waals surface area contributed by atoms with Crippen molar-refractivity contribution in [2.24, 2.45) is 5.92 Å². The van der Waals surface area contributed by atoms with E-state index in [1.807, 2.05) is 20.0 Å². The summed E-state index contributed by atoms with van der Waals surface area (Å²) in [6, 6.07) is 6.74. The van der Waals surface area contributed by atoms with Crippen LogP contribution in [0.15, 0.2) is 24.3 Å². The number of halogens is 2. The third-order valence-corrected chi connectivity index (χ3v) is 3.30. The minimum Gasteiger partial charge on any atom is -0.344 e. The first kappa shape index (κ1) is 18.9. The Morgan fingerprint density at radius 2 is 2.05 bits per heavy atom. The van der Waals surface area contributed by atoms with Crippen LogP contribution in [0, 0.1) is 11.7 Å². The molecule has 0 fully saturated rings. The summed E-state index contributed by atoms with van der Waals surface area (Å²) in [5, 5.41) is 3.01. The number of likely N-dealkylation sites (N-methyl/N-ethyl adjacent to an activating group) is 2. The van der Waals surface area contributed by atoms with Crippen molar-refractivity contribution in [3.63, 3.8) is 0 Å². The number of amides is 1. The quantitative estimate of drug-likeness (QED) is 0.839. The van der Waals surface area contributed by atoms with E-state index in [1.54, 1.807) is 24.1 Å². The zero-order valence-corrected chi connectivity index (χ0v) is 13.2. The second kappa shape index (κ2) is 9.72. The van der Waals surface area contributed by atoms with Gasteiger partial charge in [-0.3, -0.25) is 4.79 Å². The summed E-state index contributed by atoms with van der Waals surface area (Å²) in [6.07, 6.45) is 1.27. The first-order valence-corrected chi connectivity index (χ1v) is 6.69. The van der Waals surface area contributed by atoms with Crippen LogP contribution in [-0.2, 0) is 11.2 Å². The molecule has 0 saturated carbocycles. The SMILES string of the molecule is CNCCN(C)C(=O)C(C)CCc1ccccc1F.Cl. The van der Waals surface area contributed by atoms with E-state index in [2.05, 4.69) is 5.32 Å². The van der Waals surface area contributed by atoms with E-state index < -0.39 is 0 Å². The predicted octanol–water partition coefficient (Wildman–Crippen LogP) is 2.49. The van der Waals surface area contributed by atoms with Gasteiger partial charge in [-0.05, 0) is 31.5 Å². The van der Waals surface area contributed by atoms with Crippen LogP contribution in [0.2, 0.25) is 0 Å². The fourth-order valence-corrected chi connectivity index (χ4v) is 1.96. The zero-order valence-electron chi connectivity index (χ0n) is 12.4. The molecule has 1 aromatic rings. The number of carbonyl (C=O) groups is 1. The van der Waals surface area contributed by atoms with Crippen molar-refractivity contribution in [1.29, 1.82) is 0 Å². The Morgan fingerprint density at radius 1 is 1.40 bits per heavy atom. The highest BCUT2D eigenvalue weighted by atomic mass is 35.5. The maximum absolute atomic E-state index is 13.5. The number of rotatable bonds is 7. The van der Waals surface area contributed by atoms with Crippen molar-refractivity contribution in [2.45, 2.75) is 19.8 Å². The van der Waals surface area contributed by atoms with Crippen LogP contribution in [0.25, 0.3) is 0 Å². The van der Waals surface area contributed by atoms with Gasteiger partial charge in [0, 0.05) is 26.1 Å². The van der Waals surface area contributed by atoms with Crippen molar-refractivity contribution in [2.75, 3.05) is 27.2 Å². The number of nitrogens with one attached hydrogen (secondary N) is 1. The lowest BCUT2D eigenvalue weighted by molar-refractivity contribution is -0.133.